The maximum atomic E-state index is 12.9. The Balaban J connectivity index is 1.28. The van der Waals surface area contributed by atoms with Crippen molar-refractivity contribution in [3.05, 3.63) is 63.7 Å². The zero-order chi connectivity index (χ0) is 28.4. The number of carbonyl (C=O) groups excluding carboxylic acids is 1. The average Bonchev–Trinajstić information content (AvgIpc) is 3.35. The lowest BCUT2D eigenvalue weighted by atomic mass is 10.1. The van der Waals surface area contributed by atoms with E-state index in [2.05, 4.69) is 42.2 Å². The maximum Gasteiger partial charge on any atom is 0.573 e. The van der Waals surface area contributed by atoms with Crippen LogP contribution in [0.15, 0.2) is 36.4 Å². The summed E-state index contributed by atoms with van der Waals surface area (Å²) in [4.78, 5) is 33.2. The van der Waals surface area contributed by atoms with Gasteiger partial charge in [-0.1, -0.05) is 23.7 Å². The molecule has 0 saturated carbocycles. The minimum absolute atomic E-state index is 0.0909. The summed E-state index contributed by atoms with van der Waals surface area (Å²) in [5, 5.41) is 5.77. The van der Waals surface area contributed by atoms with Crippen molar-refractivity contribution < 1.29 is 22.7 Å². The Kier molecular flexibility index (Phi) is 7.86. The monoisotopic (exact) mass is 576 g/mol. The van der Waals surface area contributed by atoms with Crippen molar-refractivity contribution in [3.8, 4) is 5.75 Å². The summed E-state index contributed by atoms with van der Waals surface area (Å²) in [6.45, 7) is 4.37. The number of benzene rings is 2. The van der Waals surface area contributed by atoms with Gasteiger partial charge in [0.15, 0.2) is 0 Å². The van der Waals surface area contributed by atoms with E-state index in [1.165, 1.54) is 12.1 Å². The Morgan fingerprint density at radius 3 is 2.38 bits per heavy atom. The third kappa shape index (κ3) is 6.48. The predicted octanol–water partition coefficient (Wildman–Crippen LogP) is 3.67. The molecule has 0 aliphatic carbocycles. The molecule has 0 atom stereocenters. The predicted molar refractivity (Wildman–Crippen MR) is 145 cm³/mol. The second-order valence-corrected chi connectivity index (χ2v) is 10.1. The lowest BCUT2D eigenvalue weighted by Crippen LogP contribution is -2.45. The van der Waals surface area contributed by atoms with Crippen molar-refractivity contribution >= 4 is 35.4 Å². The molecule has 40 heavy (non-hydrogen) atoms. The average molecular weight is 577 g/mol. The first-order valence-corrected chi connectivity index (χ1v) is 13.0. The van der Waals surface area contributed by atoms with E-state index >= 15 is 0 Å². The van der Waals surface area contributed by atoms with Gasteiger partial charge < -0.3 is 30.1 Å². The van der Waals surface area contributed by atoms with Crippen molar-refractivity contribution in [2.24, 2.45) is 0 Å². The molecule has 2 aromatic carbocycles. The van der Waals surface area contributed by atoms with Crippen molar-refractivity contribution in [1.29, 1.82) is 0 Å². The number of nitrogens with zero attached hydrogens (tertiary/aromatic N) is 6. The highest BCUT2D eigenvalue weighted by molar-refractivity contribution is 6.30. The van der Waals surface area contributed by atoms with Gasteiger partial charge in [-0.2, -0.15) is 15.0 Å². The number of ether oxygens (including phenoxy) is 1. The van der Waals surface area contributed by atoms with E-state index in [1.54, 1.807) is 19.2 Å². The van der Waals surface area contributed by atoms with E-state index < -0.39 is 18.0 Å². The number of piperazine rings is 1. The Morgan fingerprint density at radius 2 is 1.68 bits per heavy atom. The first-order valence-electron chi connectivity index (χ1n) is 12.6. The van der Waals surface area contributed by atoms with Crippen LogP contribution in [0.1, 0.15) is 27.0 Å². The number of carbonyl (C=O) groups is 1. The third-order valence-electron chi connectivity index (χ3n) is 6.79. The number of fused-ring (bicyclic) bond motifs is 1. The quantitative estimate of drug-likeness (QED) is 0.436. The zero-order valence-corrected chi connectivity index (χ0v) is 22.7. The molecule has 2 N–H and O–H groups in total. The minimum atomic E-state index is -4.88. The zero-order valence-electron chi connectivity index (χ0n) is 21.9. The van der Waals surface area contributed by atoms with E-state index in [9.17, 15) is 18.0 Å². The summed E-state index contributed by atoms with van der Waals surface area (Å²) in [7, 11) is 3.85. The van der Waals surface area contributed by atoms with Gasteiger partial charge in [-0.05, 0) is 42.4 Å². The van der Waals surface area contributed by atoms with Gasteiger partial charge in [0.2, 0.25) is 17.8 Å². The van der Waals surface area contributed by atoms with Gasteiger partial charge in [0.1, 0.15) is 5.75 Å². The maximum absolute atomic E-state index is 12.9. The number of aromatic nitrogens is 3. The number of nitrogens with one attached hydrogen (secondary N) is 2. The van der Waals surface area contributed by atoms with Crippen LogP contribution in [0.4, 0.5) is 31.0 Å². The number of rotatable bonds is 7. The van der Waals surface area contributed by atoms with Gasteiger partial charge in [-0.15, -0.1) is 13.2 Å². The minimum Gasteiger partial charge on any atom is -0.405 e. The fourth-order valence-electron chi connectivity index (χ4n) is 4.60. The molecule has 3 aromatic rings. The smallest absolute Gasteiger partial charge is 0.405 e. The summed E-state index contributed by atoms with van der Waals surface area (Å²) in [5.74, 6) is 0.749. The third-order valence-corrected chi connectivity index (χ3v) is 7.02. The van der Waals surface area contributed by atoms with Crippen LogP contribution in [0, 0.1) is 0 Å². The first-order chi connectivity index (χ1) is 19.1. The van der Waals surface area contributed by atoms with Gasteiger partial charge in [-0.3, -0.25) is 4.79 Å². The molecule has 0 spiro atoms. The molecule has 14 heteroatoms. The highest BCUT2D eigenvalue weighted by Gasteiger charge is 2.32. The van der Waals surface area contributed by atoms with Crippen LogP contribution in [-0.4, -0.2) is 72.4 Å². The molecule has 212 valence electrons. The topological polar surface area (TPSA) is 98.8 Å². The fourth-order valence-corrected chi connectivity index (χ4v) is 4.77. The SMILES string of the molecule is CNc1nc(N2CCN(C)CC2)nc(N2Cc3ccc(C(=O)NCc4ccc(Cl)cc4OC(F)(F)F)cc3C2)n1. The largest absolute Gasteiger partial charge is 0.573 e. The van der Waals surface area contributed by atoms with Crippen LogP contribution in [0.5, 0.6) is 5.75 Å². The molecular weight excluding hydrogens is 549 g/mol. The number of hydrogen-bond acceptors (Lipinski definition) is 9. The van der Waals surface area contributed by atoms with Gasteiger partial charge in [0, 0.05) is 69.0 Å². The van der Waals surface area contributed by atoms with Gasteiger partial charge in [-0.25, -0.2) is 0 Å². The van der Waals surface area contributed by atoms with E-state index in [0.29, 0.717) is 36.5 Å². The van der Waals surface area contributed by atoms with Gasteiger partial charge in [0.25, 0.3) is 5.91 Å². The van der Waals surface area contributed by atoms with Crippen molar-refractivity contribution in [1.82, 2.24) is 25.2 Å². The Bertz CT molecular complexity index is 1400. The van der Waals surface area contributed by atoms with Gasteiger partial charge in [0.05, 0.1) is 0 Å². The van der Waals surface area contributed by atoms with Crippen molar-refractivity contribution in [3.63, 3.8) is 0 Å². The number of likely N-dealkylation sites (N-methyl/N-ethyl adjacent to an activating group) is 1. The van der Waals surface area contributed by atoms with Crippen molar-refractivity contribution in [2.75, 3.05) is 55.4 Å². The van der Waals surface area contributed by atoms with Gasteiger partial charge >= 0.3 is 6.36 Å². The standard InChI is InChI=1S/C26H28ClF3N8O2/c1-31-23-33-24(37-9-7-36(2)8-10-37)35-25(34-23)38-14-18-4-3-16(11-19(18)15-38)22(39)32-13-17-5-6-20(27)12-21(17)40-26(28,29)30/h3-6,11-12H,7-10,13-15H2,1-2H3,(H,32,39)(H,31,33,34,35). The van der Waals surface area contributed by atoms with Crippen LogP contribution in [0.25, 0.3) is 0 Å². The molecular formula is C26H28ClF3N8O2. The molecule has 5 rings (SSSR count). The molecule has 2 aliphatic heterocycles. The molecule has 1 fully saturated rings. The summed E-state index contributed by atoms with van der Waals surface area (Å²) < 4.78 is 42.5. The molecule has 3 heterocycles. The number of anilines is 3. The van der Waals surface area contributed by atoms with Crippen LogP contribution >= 0.6 is 11.6 Å². The Morgan fingerprint density at radius 1 is 0.975 bits per heavy atom. The van der Waals surface area contributed by atoms with Crippen LogP contribution in [-0.2, 0) is 19.6 Å². The summed E-state index contributed by atoms with van der Waals surface area (Å²) in [5.41, 5.74) is 2.50. The molecule has 1 aromatic heterocycles. The number of halogens is 4. The van der Waals surface area contributed by atoms with Crippen molar-refractivity contribution in [2.45, 2.75) is 26.0 Å². The second kappa shape index (κ2) is 11.3. The highest BCUT2D eigenvalue weighted by Crippen LogP contribution is 2.30. The molecule has 10 nitrogen and oxygen atoms in total. The lowest BCUT2D eigenvalue weighted by Gasteiger charge is -2.32. The summed E-state index contributed by atoms with van der Waals surface area (Å²) >= 11 is 5.83. The molecule has 0 radical (unpaired) electrons. The van der Waals surface area contributed by atoms with E-state index in [4.69, 9.17) is 16.6 Å². The number of hydrogen-bond donors (Lipinski definition) is 2. The van der Waals surface area contributed by atoms with Crippen LogP contribution in [0.3, 0.4) is 0 Å². The van der Waals surface area contributed by atoms with E-state index in [1.807, 2.05) is 11.0 Å². The van der Waals surface area contributed by atoms with E-state index in [-0.39, 0.29) is 17.1 Å². The lowest BCUT2D eigenvalue weighted by molar-refractivity contribution is -0.274. The second-order valence-electron chi connectivity index (χ2n) is 9.62. The van der Waals surface area contributed by atoms with E-state index in [0.717, 1.165) is 43.4 Å². The molecule has 0 bridgehead atoms. The number of alkyl halides is 3. The normalized spacial score (nSPS) is 15.7. The molecule has 2 aliphatic rings. The Labute approximate surface area is 234 Å². The van der Waals surface area contributed by atoms with Crippen LogP contribution < -0.4 is 25.2 Å². The first kappa shape index (κ1) is 27.7. The Hall–Kier alpha value is -3.84. The highest BCUT2D eigenvalue weighted by atomic mass is 35.5. The summed E-state index contributed by atoms with van der Waals surface area (Å²) in [6.07, 6.45) is -4.88. The number of amides is 1. The molecule has 1 saturated heterocycles. The molecule has 0 unspecified atom stereocenters. The fraction of sp³-hybridized carbons (Fsp3) is 0.385. The summed E-state index contributed by atoms with van der Waals surface area (Å²) in [6, 6.07) is 9.22. The molecule has 1 amide bonds. The van der Waals surface area contributed by atoms with Crippen LogP contribution in [0.2, 0.25) is 5.02 Å².